The molecule has 0 aromatic heterocycles. The van der Waals surface area contributed by atoms with Crippen molar-refractivity contribution in [1.29, 1.82) is 0 Å². The number of hydrogen-bond acceptors (Lipinski definition) is 5. The minimum atomic E-state index is -3.42. The van der Waals surface area contributed by atoms with Crippen molar-refractivity contribution in [3.05, 3.63) is 24.3 Å². The number of aliphatic carboxylic acids is 1. The fourth-order valence-corrected chi connectivity index (χ4v) is 3.52. The van der Waals surface area contributed by atoms with Crippen LogP contribution in [0.15, 0.2) is 29.2 Å². The Morgan fingerprint density at radius 2 is 1.80 bits per heavy atom. The Bertz CT molecular complexity index is 656. The summed E-state index contributed by atoms with van der Waals surface area (Å²) in [7, 11) is -0.435. The minimum absolute atomic E-state index is 0. The Hall–Kier alpha value is -1.35. The van der Waals surface area contributed by atoms with Gasteiger partial charge in [0.15, 0.2) is 0 Å². The molecule has 0 bridgehead atoms. The molecule has 1 aliphatic rings. The summed E-state index contributed by atoms with van der Waals surface area (Å²) in [5.74, 6) is -0.319. The van der Waals surface area contributed by atoms with Crippen LogP contribution in [0.1, 0.15) is 12.8 Å². The quantitative estimate of drug-likeness (QED) is 0.757. The van der Waals surface area contributed by atoms with Gasteiger partial charge in [0, 0.05) is 20.6 Å². The number of rotatable bonds is 7. The lowest BCUT2D eigenvalue weighted by atomic mass is 9.97. The lowest BCUT2D eigenvalue weighted by molar-refractivity contribution is -0.143. The standard InChI is InChI=1S/C16H24N2O5S.ClH/c1-17(2)24(21,22)15-5-3-14(4-6-15)23-12-11-18-9-7-13(8-10-18)16(19)20;/h3-6,13H,7-12H2,1-2H3,(H,19,20);1H. The number of sulfonamides is 1. The van der Waals surface area contributed by atoms with Crippen LogP contribution in [0.5, 0.6) is 5.75 Å². The first-order valence-electron chi connectivity index (χ1n) is 7.91. The molecule has 0 amide bonds. The number of benzene rings is 1. The van der Waals surface area contributed by atoms with Gasteiger partial charge in [0.25, 0.3) is 0 Å². The van der Waals surface area contributed by atoms with Gasteiger partial charge in [-0.2, -0.15) is 0 Å². The van der Waals surface area contributed by atoms with Crippen LogP contribution in [0, 0.1) is 5.92 Å². The van der Waals surface area contributed by atoms with Gasteiger partial charge in [0.2, 0.25) is 10.0 Å². The third kappa shape index (κ3) is 5.85. The summed E-state index contributed by atoms with van der Waals surface area (Å²) in [5, 5.41) is 8.97. The number of nitrogens with zero attached hydrogens (tertiary/aromatic N) is 2. The van der Waals surface area contributed by atoms with E-state index in [0.29, 0.717) is 25.2 Å². The van der Waals surface area contributed by atoms with Gasteiger partial charge < -0.3 is 9.84 Å². The third-order valence-corrected chi connectivity index (χ3v) is 6.04. The summed E-state index contributed by atoms with van der Waals surface area (Å²) >= 11 is 0. The van der Waals surface area contributed by atoms with Crippen molar-refractivity contribution >= 4 is 28.4 Å². The fourth-order valence-electron chi connectivity index (χ4n) is 2.61. The molecule has 1 aromatic rings. The summed E-state index contributed by atoms with van der Waals surface area (Å²) in [5.41, 5.74) is 0. The van der Waals surface area contributed by atoms with Crippen LogP contribution >= 0.6 is 12.4 Å². The van der Waals surface area contributed by atoms with E-state index in [9.17, 15) is 13.2 Å². The first-order valence-corrected chi connectivity index (χ1v) is 9.35. The number of ether oxygens (including phenoxy) is 1. The van der Waals surface area contributed by atoms with Crippen molar-refractivity contribution in [3.63, 3.8) is 0 Å². The second kappa shape index (κ2) is 9.38. The van der Waals surface area contributed by atoms with Crippen molar-refractivity contribution < 1.29 is 23.1 Å². The summed E-state index contributed by atoms with van der Waals surface area (Å²) in [6.07, 6.45) is 1.35. The van der Waals surface area contributed by atoms with Gasteiger partial charge in [0.1, 0.15) is 12.4 Å². The molecular weight excluding hydrogens is 368 g/mol. The molecule has 9 heteroatoms. The van der Waals surface area contributed by atoms with Crippen LogP contribution in [0.3, 0.4) is 0 Å². The van der Waals surface area contributed by atoms with Crippen LogP contribution in [-0.2, 0) is 14.8 Å². The van der Waals surface area contributed by atoms with Crippen molar-refractivity contribution in [2.75, 3.05) is 40.3 Å². The molecule has 0 saturated carbocycles. The summed E-state index contributed by atoms with van der Waals surface area (Å²) in [6.45, 7) is 2.74. The van der Waals surface area contributed by atoms with E-state index in [1.165, 1.54) is 30.5 Å². The molecule has 0 spiro atoms. The van der Waals surface area contributed by atoms with Crippen LogP contribution in [0.4, 0.5) is 0 Å². The van der Waals surface area contributed by atoms with Crippen LogP contribution in [0.25, 0.3) is 0 Å². The Morgan fingerprint density at radius 3 is 2.28 bits per heavy atom. The third-order valence-electron chi connectivity index (χ3n) is 4.22. The predicted octanol–water partition coefficient (Wildman–Crippen LogP) is 1.53. The van der Waals surface area contributed by atoms with E-state index in [2.05, 4.69) is 4.90 Å². The SMILES string of the molecule is CN(C)S(=O)(=O)c1ccc(OCCN2CCC(C(=O)O)CC2)cc1.Cl. The molecule has 1 fully saturated rings. The maximum Gasteiger partial charge on any atom is 0.306 e. The van der Waals surface area contributed by atoms with Crippen molar-refractivity contribution in [3.8, 4) is 5.75 Å². The highest BCUT2D eigenvalue weighted by Crippen LogP contribution is 2.19. The number of halogens is 1. The van der Waals surface area contributed by atoms with Gasteiger partial charge in [-0.15, -0.1) is 12.4 Å². The van der Waals surface area contributed by atoms with Crippen molar-refractivity contribution in [1.82, 2.24) is 9.21 Å². The van der Waals surface area contributed by atoms with E-state index in [1.54, 1.807) is 12.1 Å². The summed E-state index contributed by atoms with van der Waals surface area (Å²) in [6, 6.07) is 6.35. The summed E-state index contributed by atoms with van der Waals surface area (Å²) < 4.78 is 30.8. The maximum atomic E-state index is 12.0. The van der Waals surface area contributed by atoms with Crippen LogP contribution < -0.4 is 4.74 Å². The lowest BCUT2D eigenvalue weighted by Crippen LogP contribution is -2.38. The average Bonchev–Trinajstić information content (AvgIpc) is 2.55. The number of carboxylic acid groups (broad SMARTS) is 1. The number of piperidine rings is 1. The predicted molar refractivity (Wildman–Crippen MR) is 96.9 cm³/mol. The monoisotopic (exact) mass is 392 g/mol. The Balaban J connectivity index is 0.00000312. The minimum Gasteiger partial charge on any atom is -0.492 e. The van der Waals surface area contributed by atoms with E-state index in [-0.39, 0.29) is 23.2 Å². The first kappa shape index (κ1) is 21.7. The molecule has 0 radical (unpaired) electrons. The second-order valence-corrected chi connectivity index (χ2v) is 8.21. The Morgan fingerprint density at radius 1 is 1.24 bits per heavy atom. The Kier molecular flexibility index (Phi) is 8.14. The number of carboxylic acids is 1. The molecule has 1 aromatic carbocycles. The zero-order valence-corrected chi connectivity index (χ0v) is 16.1. The van der Waals surface area contributed by atoms with Gasteiger partial charge in [-0.25, -0.2) is 12.7 Å². The zero-order chi connectivity index (χ0) is 17.7. The van der Waals surface area contributed by atoms with Crippen molar-refractivity contribution in [2.24, 2.45) is 5.92 Å². The second-order valence-electron chi connectivity index (χ2n) is 6.06. The van der Waals surface area contributed by atoms with E-state index in [0.717, 1.165) is 19.6 Å². The molecule has 0 atom stereocenters. The molecule has 142 valence electrons. The van der Waals surface area contributed by atoms with Gasteiger partial charge in [-0.3, -0.25) is 9.69 Å². The molecule has 7 nitrogen and oxygen atoms in total. The summed E-state index contributed by atoms with van der Waals surface area (Å²) in [4.78, 5) is 13.3. The van der Waals surface area contributed by atoms with Crippen LogP contribution in [-0.4, -0.2) is 69.0 Å². The lowest BCUT2D eigenvalue weighted by Gasteiger charge is -2.29. The zero-order valence-electron chi connectivity index (χ0n) is 14.4. The smallest absolute Gasteiger partial charge is 0.306 e. The normalized spacial score (nSPS) is 16.4. The number of hydrogen-bond donors (Lipinski definition) is 1. The van der Waals surface area contributed by atoms with Gasteiger partial charge in [0.05, 0.1) is 10.8 Å². The molecule has 1 saturated heterocycles. The molecule has 0 unspecified atom stereocenters. The van der Waals surface area contributed by atoms with E-state index in [4.69, 9.17) is 9.84 Å². The van der Waals surface area contributed by atoms with Gasteiger partial charge >= 0.3 is 5.97 Å². The molecule has 2 rings (SSSR count). The average molecular weight is 393 g/mol. The van der Waals surface area contributed by atoms with Gasteiger partial charge in [-0.05, 0) is 50.2 Å². The molecular formula is C16H25ClN2O5S. The maximum absolute atomic E-state index is 12.0. The Labute approximate surface area is 155 Å². The van der Waals surface area contributed by atoms with E-state index >= 15 is 0 Å². The molecule has 1 heterocycles. The molecule has 1 N–H and O–H groups in total. The van der Waals surface area contributed by atoms with E-state index in [1.807, 2.05) is 0 Å². The van der Waals surface area contributed by atoms with Crippen LogP contribution in [0.2, 0.25) is 0 Å². The molecule has 1 aliphatic heterocycles. The highest BCUT2D eigenvalue weighted by atomic mass is 35.5. The topological polar surface area (TPSA) is 87.2 Å². The highest BCUT2D eigenvalue weighted by Gasteiger charge is 2.24. The fraction of sp³-hybridized carbons (Fsp3) is 0.562. The van der Waals surface area contributed by atoms with Gasteiger partial charge in [-0.1, -0.05) is 0 Å². The molecule has 25 heavy (non-hydrogen) atoms. The van der Waals surface area contributed by atoms with E-state index < -0.39 is 16.0 Å². The number of likely N-dealkylation sites (tertiary alicyclic amines) is 1. The number of carbonyl (C=O) groups is 1. The largest absolute Gasteiger partial charge is 0.492 e. The first-order chi connectivity index (χ1) is 11.3. The molecule has 0 aliphatic carbocycles. The highest BCUT2D eigenvalue weighted by molar-refractivity contribution is 7.89. The van der Waals surface area contributed by atoms with Crippen molar-refractivity contribution in [2.45, 2.75) is 17.7 Å².